The van der Waals surface area contributed by atoms with Crippen molar-refractivity contribution in [2.24, 2.45) is 5.92 Å². The van der Waals surface area contributed by atoms with Crippen LogP contribution in [-0.4, -0.2) is 47.8 Å². The van der Waals surface area contributed by atoms with E-state index in [-0.39, 0.29) is 42.1 Å². The van der Waals surface area contributed by atoms with E-state index in [4.69, 9.17) is 0 Å². The molecule has 188 valence electrons. The van der Waals surface area contributed by atoms with Gasteiger partial charge in [-0.05, 0) is 81.1 Å². The number of benzene rings is 2. The Balaban J connectivity index is 1.67. The van der Waals surface area contributed by atoms with Crippen molar-refractivity contribution in [2.75, 3.05) is 13.1 Å². The van der Waals surface area contributed by atoms with E-state index in [2.05, 4.69) is 10.6 Å². The highest BCUT2D eigenvalue weighted by molar-refractivity contribution is 5.97. The summed E-state index contributed by atoms with van der Waals surface area (Å²) in [5, 5.41) is 5.54. The highest BCUT2D eigenvalue weighted by atomic mass is 19.4. The zero-order valence-corrected chi connectivity index (χ0v) is 19.4. The highest BCUT2D eigenvalue weighted by Gasteiger charge is 2.35. The molecule has 2 N–H and O–H groups in total. The summed E-state index contributed by atoms with van der Waals surface area (Å²) in [4.78, 5) is 39.9. The van der Waals surface area contributed by atoms with E-state index >= 15 is 0 Å². The van der Waals surface area contributed by atoms with Crippen LogP contribution in [0.3, 0.4) is 0 Å². The summed E-state index contributed by atoms with van der Waals surface area (Å²) < 4.78 is 51.5. The number of carbonyl (C=O) groups is 3. The van der Waals surface area contributed by atoms with Gasteiger partial charge in [0, 0.05) is 30.3 Å². The molecule has 6 nitrogen and oxygen atoms in total. The fourth-order valence-corrected chi connectivity index (χ4v) is 4.02. The molecule has 0 aliphatic carbocycles. The van der Waals surface area contributed by atoms with E-state index in [0.29, 0.717) is 12.8 Å². The molecular weight excluding hydrogens is 466 g/mol. The molecule has 3 amide bonds. The first kappa shape index (κ1) is 26.2. The van der Waals surface area contributed by atoms with Gasteiger partial charge in [0.1, 0.15) is 11.9 Å². The molecule has 0 unspecified atom stereocenters. The molecule has 0 spiro atoms. The molecule has 1 heterocycles. The Morgan fingerprint density at radius 2 is 1.43 bits per heavy atom. The minimum Gasteiger partial charge on any atom is -0.352 e. The third kappa shape index (κ3) is 6.80. The fraction of sp³-hybridized carbons (Fsp3) is 0.400. The van der Waals surface area contributed by atoms with Crippen LogP contribution in [0.4, 0.5) is 17.6 Å². The lowest BCUT2D eigenvalue weighted by Gasteiger charge is -2.36. The maximum absolute atomic E-state index is 13.2. The molecule has 0 aromatic heterocycles. The minimum atomic E-state index is -4.48. The number of carbonyl (C=O) groups excluding carboxylic acids is 3. The van der Waals surface area contributed by atoms with E-state index in [1.54, 1.807) is 13.8 Å². The number of alkyl halides is 3. The molecule has 0 bridgehead atoms. The van der Waals surface area contributed by atoms with Crippen molar-refractivity contribution in [3.63, 3.8) is 0 Å². The van der Waals surface area contributed by atoms with Crippen LogP contribution in [-0.2, 0) is 11.0 Å². The Bertz CT molecular complexity index is 1050. The van der Waals surface area contributed by atoms with E-state index < -0.39 is 35.4 Å². The molecule has 2 aromatic carbocycles. The third-order valence-electron chi connectivity index (χ3n) is 5.86. The van der Waals surface area contributed by atoms with Crippen LogP contribution in [0.25, 0.3) is 0 Å². The lowest BCUT2D eigenvalue weighted by Crippen LogP contribution is -2.54. The Kier molecular flexibility index (Phi) is 8.14. The van der Waals surface area contributed by atoms with Crippen molar-refractivity contribution in [3.8, 4) is 0 Å². The van der Waals surface area contributed by atoms with Crippen molar-refractivity contribution in [2.45, 2.75) is 44.9 Å². The molecule has 1 atom stereocenters. The second-order valence-electron chi connectivity index (χ2n) is 8.83. The lowest BCUT2D eigenvalue weighted by molar-refractivity contribution is -0.137. The van der Waals surface area contributed by atoms with Crippen molar-refractivity contribution < 1.29 is 31.9 Å². The van der Waals surface area contributed by atoms with Gasteiger partial charge in [-0.3, -0.25) is 14.4 Å². The summed E-state index contributed by atoms with van der Waals surface area (Å²) in [6.45, 7) is 4.15. The SMILES string of the molecule is CC(C)NC(=O)[C@H](NC(=O)c1ccc(F)cc1)C1CCN(C(=O)c2ccc(C(F)(F)F)cc2)CC1. The van der Waals surface area contributed by atoms with Gasteiger partial charge in [-0.25, -0.2) is 4.39 Å². The van der Waals surface area contributed by atoms with Gasteiger partial charge in [0.05, 0.1) is 5.56 Å². The van der Waals surface area contributed by atoms with E-state index in [1.165, 1.54) is 17.0 Å². The number of halogens is 4. The van der Waals surface area contributed by atoms with E-state index in [0.717, 1.165) is 36.4 Å². The Morgan fingerprint density at radius 1 is 0.886 bits per heavy atom. The van der Waals surface area contributed by atoms with Crippen molar-refractivity contribution in [1.29, 1.82) is 0 Å². The van der Waals surface area contributed by atoms with Gasteiger partial charge in [-0.1, -0.05) is 0 Å². The van der Waals surface area contributed by atoms with Crippen molar-refractivity contribution in [3.05, 3.63) is 71.0 Å². The van der Waals surface area contributed by atoms with Crippen LogP contribution in [0, 0.1) is 11.7 Å². The molecule has 2 aromatic rings. The van der Waals surface area contributed by atoms with Crippen LogP contribution in [0.15, 0.2) is 48.5 Å². The summed E-state index contributed by atoms with van der Waals surface area (Å²) in [6, 6.07) is 7.99. The number of hydrogen-bond donors (Lipinski definition) is 2. The van der Waals surface area contributed by atoms with Crippen LogP contribution in [0.1, 0.15) is 53.0 Å². The predicted molar refractivity (Wildman–Crippen MR) is 121 cm³/mol. The van der Waals surface area contributed by atoms with Gasteiger partial charge in [0.2, 0.25) is 5.91 Å². The third-order valence-corrected chi connectivity index (χ3v) is 5.86. The minimum absolute atomic E-state index is 0.148. The van der Waals surface area contributed by atoms with Gasteiger partial charge in [-0.15, -0.1) is 0 Å². The first-order valence-corrected chi connectivity index (χ1v) is 11.3. The average molecular weight is 494 g/mol. The van der Waals surface area contributed by atoms with Gasteiger partial charge in [-0.2, -0.15) is 13.2 Å². The van der Waals surface area contributed by atoms with E-state index in [9.17, 15) is 31.9 Å². The number of nitrogens with zero attached hydrogens (tertiary/aromatic N) is 1. The quantitative estimate of drug-likeness (QED) is 0.597. The maximum Gasteiger partial charge on any atom is 0.416 e. The second-order valence-corrected chi connectivity index (χ2v) is 8.83. The summed E-state index contributed by atoms with van der Waals surface area (Å²) >= 11 is 0. The lowest BCUT2D eigenvalue weighted by atomic mass is 9.88. The highest BCUT2D eigenvalue weighted by Crippen LogP contribution is 2.29. The second kappa shape index (κ2) is 10.9. The molecule has 1 fully saturated rings. The van der Waals surface area contributed by atoms with E-state index in [1.807, 2.05) is 0 Å². The summed E-state index contributed by atoms with van der Waals surface area (Å²) in [5.74, 6) is -2.02. The summed E-state index contributed by atoms with van der Waals surface area (Å²) in [6.07, 6.45) is -3.66. The van der Waals surface area contributed by atoms with Gasteiger partial charge < -0.3 is 15.5 Å². The molecular formula is C25H27F4N3O3. The number of rotatable bonds is 6. The van der Waals surface area contributed by atoms with Gasteiger partial charge in [0.25, 0.3) is 11.8 Å². The Morgan fingerprint density at radius 3 is 1.94 bits per heavy atom. The molecule has 1 aliphatic heterocycles. The molecule has 0 radical (unpaired) electrons. The number of amides is 3. The van der Waals surface area contributed by atoms with Crippen LogP contribution in [0.5, 0.6) is 0 Å². The zero-order valence-electron chi connectivity index (χ0n) is 19.4. The largest absolute Gasteiger partial charge is 0.416 e. The number of nitrogens with one attached hydrogen (secondary N) is 2. The van der Waals surface area contributed by atoms with Gasteiger partial charge in [0.15, 0.2) is 0 Å². The average Bonchev–Trinajstić information content (AvgIpc) is 2.81. The maximum atomic E-state index is 13.2. The van der Waals surface area contributed by atoms with Crippen LogP contribution >= 0.6 is 0 Å². The van der Waals surface area contributed by atoms with Crippen molar-refractivity contribution in [1.82, 2.24) is 15.5 Å². The number of piperidine rings is 1. The molecule has 1 aliphatic rings. The molecule has 1 saturated heterocycles. The topological polar surface area (TPSA) is 78.5 Å². The normalized spacial score (nSPS) is 15.6. The standard InChI is InChI=1S/C25H27F4N3O3/c1-15(2)30-23(34)21(31-22(33)17-5-9-20(26)10-6-17)16-11-13-32(14-12-16)24(35)18-3-7-19(8-4-18)25(27,28)29/h3-10,15-16,21H,11-14H2,1-2H3,(H,30,34)(H,31,33)/t21-/m1/s1. The smallest absolute Gasteiger partial charge is 0.352 e. The Labute approximate surface area is 200 Å². The fourth-order valence-electron chi connectivity index (χ4n) is 4.02. The number of likely N-dealkylation sites (tertiary alicyclic amines) is 1. The predicted octanol–water partition coefficient (Wildman–Crippen LogP) is 4.02. The zero-order chi connectivity index (χ0) is 25.8. The molecule has 3 rings (SSSR count). The Hall–Kier alpha value is -3.43. The van der Waals surface area contributed by atoms with Crippen LogP contribution in [0.2, 0.25) is 0 Å². The van der Waals surface area contributed by atoms with Crippen LogP contribution < -0.4 is 10.6 Å². The first-order valence-electron chi connectivity index (χ1n) is 11.3. The molecule has 35 heavy (non-hydrogen) atoms. The molecule has 0 saturated carbocycles. The van der Waals surface area contributed by atoms with Crippen molar-refractivity contribution >= 4 is 17.7 Å². The monoisotopic (exact) mass is 493 g/mol. The van der Waals surface area contributed by atoms with Gasteiger partial charge >= 0.3 is 6.18 Å². The summed E-state index contributed by atoms with van der Waals surface area (Å²) in [7, 11) is 0. The number of hydrogen-bond acceptors (Lipinski definition) is 3. The summed E-state index contributed by atoms with van der Waals surface area (Å²) in [5.41, 5.74) is -0.470. The molecule has 10 heteroatoms. The first-order chi connectivity index (χ1) is 16.5.